The van der Waals surface area contributed by atoms with Gasteiger partial charge in [0, 0.05) is 6.54 Å². The van der Waals surface area contributed by atoms with E-state index in [1.165, 1.54) is 17.3 Å². The van der Waals surface area contributed by atoms with Gasteiger partial charge in [-0.2, -0.15) is 0 Å². The van der Waals surface area contributed by atoms with Crippen molar-refractivity contribution in [3.05, 3.63) is 59.9 Å². The first kappa shape index (κ1) is 20.7. The van der Waals surface area contributed by atoms with Gasteiger partial charge in [0.15, 0.2) is 11.0 Å². The number of thioether (sulfide) groups is 1. The molecule has 0 bridgehead atoms. The molecule has 1 amide bonds. The summed E-state index contributed by atoms with van der Waals surface area (Å²) in [5.41, 5.74) is 1.82. The summed E-state index contributed by atoms with van der Waals surface area (Å²) >= 11 is 1.34. The van der Waals surface area contributed by atoms with E-state index in [1.807, 2.05) is 54.8 Å². The second-order valence-corrected chi connectivity index (χ2v) is 7.22. The monoisotopic (exact) mass is 412 g/mol. The summed E-state index contributed by atoms with van der Waals surface area (Å²) in [4.78, 5) is 12.3. The topological polar surface area (TPSA) is 78.3 Å². The molecule has 1 N–H and O–H groups in total. The summed E-state index contributed by atoms with van der Waals surface area (Å²) in [6.07, 6.45) is 0. The molecular formula is C21H24N4O3S. The Labute approximate surface area is 174 Å². The highest BCUT2D eigenvalue weighted by atomic mass is 32.2. The number of carbonyl (C=O) groups is 1. The second-order valence-electron chi connectivity index (χ2n) is 6.28. The van der Waals surface area contributed by atoms with E-state index >= 15 is 0 Å². The Bertz CT molecular complexity index is 957. The van der Waals surface area contributed by atoms with Gasteiger partial charge in [-0.3, -0.25) is 4.79 Å². The van der Waals surface area contributed by atoms with Gasteiger partial charge in [-0.05, 0) is 38.1 Å². The first-order valence-electron chi connectivity index (χ1n) is 9.28. The lowest BCUT2D eigenvalue weighted by Crippen LogP contribution is -2.15. The lowest BCUT2D eigenvalue weighted by molar-refractivity contribution is -0.113. The van der Waals surface area contributed by atoms with Crippen LogP contribution in [0, 0.1) is 6.92 Å². The summed E-state index contributed by atoms with van der Waals surface area (Å²) < 4.78 is 13.0. The van der Waals surface area contributed by atoms with Crippen LogP contribution in [0.5, 0.6) is 11.5 Å². The number of rotatable bonds is 9. The molecule has 0 aliphatic heterocycles. The Morgan fingerprint density at radius 2 is 1.90 bits per heavy atom. The van der Waals surface area contributed by atoms with E-state index in [4.69, 9.17) is 9.47 Å². The molecule has 3 rings (SSSR count). The van der Waals surface area contributed by atoms with Gasteiger partial charge in [0.1, 0.15) is 18.1 Å². The summed E-state index contributed by atoms with van der Waals surface area (Å²) in [6, 6.07) is 15.2. The molecule has 152 valence electrons. The van der Waals surface area contributed by atoms with Crippen LogP contribution >= 0.6 is 11.8 Å². The van der Waals surface area contributed by atoms with Crippen molar-refractivity contribution in [3.8, 4) is 11.5 Å². The van der Waals surface area contributed by atoms with Crippen LogP contribution < -0.4 is 14.8 Å². The number of aryl methyl sites for hydroxylation is 1. The fourth-order valence-corrected chi connectivity index (χ4v) is 3.52. The van der Waals surface area contributed by atoms with Crippen molar-refractivity contribution in [1.29, 1.82) is 0 Å². The lowest BCUT2D eigenvalue weighted by Gasteiger charge is -2.10. The maximum atomic E-state index is 12.3. The number of methoxy groups -OCH3 is 1. The number of ether oxygens (including phenoxy) is 2. The summed E-state index contributed by atoms with van der Waals surface area (Å²) in [6.45, 7) is 5.05. The van der Waals surface area contributed by atoms with Gasteiger partial charge in [-0.15, -0.1) is 10.2 Å². The van der Waals surface area contributed by atoms with Gasteiger partial charge in [0.2, 0.25) is 5.91 Å². The normalized spacial score (nSPS) is 10.6. The van der Waals surface area contributed by atoms with Gasteiger partial charge < -0.3 is 19.4 Å². The quantitative estimate of drug-likeness (QED) is 0.537. The van der Waals surface area contributed by atoms with Crippen LogP contribution in [-0.4, -0.2) is 33.5 Å². The molecule has 1 aromatic heterocycles. The number of para-hydroxylation sites is 2. The number of benzene rings is 2. The lowest BCUT2D eigenvalue weighted by atomic mass is 10.2. The van der Waals surface area contributed by atoms with E-state index in [0.29, 0.717) is 29.7 Å². The largest absolute Gasteiger partial charge is 0.495 e. The summed E-state index contributed by atoms with van der Waals surface area (Å²) in [5, 5.41) is 12.0. The van der Waals surface area contributed by atoms with Gasteiger partial charge in [-0.1, -0.05) is 41.6 Å². The molecule has 29 heavy (non-hydrogen) atoms. The highest BCUT2D eigenvalue weighted by Gasteiger charge is 2.14. The van der Waals surface area contributed by atoms with E-state index in [-0.39, 0.29) is 11.7 Å². The molecule has 3 aromatic rings. The van der Waals surface area contributed by atoms with Gasteiger partial charge in [0.05, 0.1) is 18.6 Å². The van der Waals surface area contributed by atoms with E-state index in [0.717, 1.165) is 11.6 Å². The molecule has 0 radical (unpaired) electrons. The standard InChI is InChI=1S/C21H24N4O3S/c1-4-25-19(13-28-16-11-9-15(2)10-12-16)23-24-21(25)29-14-20(26)22-17-7-5-6-8-18(17)27-3/h5-12H,4,13-14H2,1-3H3,(H,22,26). The molecule has 2 aromatic carbocycles. The van der Waals surface area contributed by atoms with Crippen LogP contribution in [0.2, 0.25) is 0 Å². The number of hydrogen-bond acceptors (Lipinski definition) is 6. The molecule has 0 saturated carbocycles. The third kappa shape index (κ3) is 5.51. The second kappa shape index (κ2) is 9.97. The zero-order valence-electron chi connectivity index (χ0n) is 16.7. The predicted molar refractivity (Wildman–Crippen MR) is 114 cm³/mol. The van der Waals surface area contributed by atoms with Gasteiger partial charge in [0.25, 0.3) is 0 Å². The SMILES string of the molecule is CCn1c(COc2ccc(C)cc2)nnc1SCC(=O)Nc1ccccc1OC. The van der Waals surface area contributed by atoms with Gasteiger partial charge >= 0.3 is 0 Å². The van der Waals surface area contributed by atoms with Crippen molar-refractivity contribution in [3.63, 3.8) is 0 Å². The first-order chi connectivity index (χ1) is 14.1. The van der Waals surface area contributed by atoms with E-state index < -0.39 is 0 Å². The number of hydrogen-bond donors (Lipinski definition) is 1. The minimum atomic E-state index is -0.136. The van der Waals surface area contributed by atoms with Crippen LogP contribution in [0.15, 0.2) is 53.7 Å². The number of aromatic nitrogens is 3. The molecule has 8 heteroatoms. The van der Waals surface area contributed by atoms with Crippen molar-refractivity contribution in [1.82, 2.24) is 14.8 Å². The average molecular weight is 413 g/mol. The fraction of sp³-hybridized carbons (Fsp3) is 0.286. The zero-order chi connectivity index (χ0) is 20.6. The molecule has 7 nitrogen and oxygen atoms in total. The minimum absolute atomic E-state index is 0.136. The molecule has 0 saturated heterocycles. The summed E-state index contributed by atoms with van der Waals surface area (Å²) in [7, 11) is 1.57. The number of nitrogens with one attached hydrogen (secondary N) is 1. The van der Waals surface area contributed by atoms with Crippen LogP contribution in [0.25, 0.3) is 0 Å². The third-order valence-electron chi connectivity index (χ3n) is 4.21. The van der Waals surface area contributed by atoms with Crippen molar-refractivity contribution in [2.45, 2.75) is 32.2 Å². The van der Waals surface area contributed by atoms with Gasteiger partial charge in [-0.25, -0.2) is 0 Å². The first-order valence-corrected chi connectivity index (χ1v) is 10.3. The van der Waals surface area contributed by atoms with Crippen LogP contribution in [0.4, 0.5) is 5.69 Å². The maximum Gasteiger partial charge on any atom is 0.234 e. The molecule has 0 aliphatic carbocycles. The number of carbonyl (C=O) groups excluding carboxylic acids is 1. The predicted octanol–water partition coefficient (Wildman–Crippen LogP) is 3.92. The minimum Gasteiger partial charge on any atom is -0.495 e. The van der Waals surface area contributed by atoms with Crippen molar-refractivity contribution in [2.24, 2.45) is 0 Å². The van der Waals surface area contributed by atoms with Crippen molar-refractivity contribution >= 4 is 23.4 Å². The molecule has 1 heterocycles. The molecule has 0 fully saturated rings. The van der Waals surface area contributed by atoms with Crippen LogP contribution in [0.3, 0.4) is 0 Å². The summed E-state index contributed by atoms with van der Waals surface area (Å²) in [5.74, 6) is 2.21. The molecule has 0 spiro atoms. The van der Waals surface area contributed by atoms with E-state index in [9.17, 15) is 4.79 Å². The Morgan fingerprint density at radius 3 is 2.62 bits per heavy atom. The highest BCUT2D eigenvalue weighted by molar-refractivity contribution is 7.99. The van der Waals surface area contributed by atoms with Crippen LogP contribution in [0.1, 0.15) is 18.3 Å². The zero-order valence-corrected chi connectivity index (χ0v) is 17.5. The van der Waals surface area contributed by atoms with E-state index in [1.54, 1.807) is 19.2 Å². The smallest absolute Gasteiger partial charge is 0.234 e. The highest BCUT2D eigenvalue weighted by Crippen LogP contribution is 2.24. The number of amides is 1. The van der Waals surface area contributed by atoms with Crippen LogP contribution in [-0.2, 0) is 17.9 Å². The van der Waals surface area contributed by atoms with E-state index in [2.05, 4.69) is 15.5 Å². The Hall–Kier alpha value is -3.00. The molecule has 0 aliphatic rings. The van der Waals surface area contributed by atoms with Crippen molar-refractivity contribution in [2.75, 3.05) is 18.2 Å². The molecule has 0 unspecified atom stereocenters. The fourth-order valence-electron chi connectivity index (χ4n) is 2.70. The third-order valence-corrected chi connectivity index (χ3v) is 5.18. The number of anilines is 1. The Kier molecular flexibility index (Phi) is 7.13. The number of nitrogens with zero attached hydrogens (tertiary/aromatic N) is 3. The van der Waals surface area contributed by atoms with Crippen molar-refractivity contribution < 1.29 is 14.3 Å². The maximum absolute atomic E-state index is 12.3. The average Bonchev–Trinajstić information content (AvgIpc) is 3.14. The Morgan fingerprint density at radius 1 is 1.14 bits per heavy atom. The molecular weight excluding hydrogens is 388 g/mol. The molecule has 0 atom stereocenters. The Balaban J connectivity index is 1.58.